The quantitative estimate of drug-likeness (QED) is 0.0736. The summed E-state index contributed by atoms with van der Waals surface area (Å²) < 4.78 is 25.5. The molecule has 0 aromatic heterocycles. The lowest BCUT2D eigenvalue weighted by molar-refractivity contribution is -0.147. The molecule has 0 saturated carbocycles. The van der Waals surface area contributed by atoms with Crippen LogP contribution in [0.5, 0.6) is 0 Å². The molecule has 4 N–H and O–H groups in total. The third-order valence-electron chi connectivity index (χ3n) is 4.77. The molecule has 0 amide bonds. The average Bonchev–Trinajstić information content (AvgIpc) is 2.82. The minimum absolute atomic E-state index is 0.0712. The number of aliphatic hydroxyl groups is 1. The average molecular weight is 504 g/mol. The topological polar surface area (TPSA) is 128 Å². The Balaban J connectivity index is 3.51. The van der Waals surface area contributed by atoms with E-state index < -0.39 is 26.5 Å². The third-order valence-corrected chi connectivity index (χ3v) is 5.76. The Kier molecular flexibility index (Phi) is 22.6. The summed E-state index contributed by atoms with van der Waals surface area (Å²) in [6.07, 6.45) is 24.2. The zero-order chi connectivity index (χ0) is 25.3. The fraction of sp³-hybridized carbons (Fsp3) is 0.720. The van der Waals surface area contributed by atoms with E-state index >= 15 is 0 Å². The summed E-state index contributed by atoms with van der Waals surface area (Å²) in [5.74, 6) is -0.398. The summed E-state index contributed by atoms with van der Waals surface area (Å²) in [6, 6.07) is 0. The second-order valence-corrected chi connectivity index (χ2v) is 9.48. The van der Waals surface area contributed by atoms with Gasteiger partial charge in [-0.1, -0.05) is 75.5 Å². The minimum atomic E-state index is -4.25. The molecule has 0 rings (SSSR count). The first-order chi connectivity index (χ1) is 16.4. The number of carbonyl (C=O) groups excluding carboxylic acids is 1. The fourth-order valence-corrected chi connectivity index (χ4v) is 3.71. The van der Waals surface area contributed by atoms with Crippen molar-refractivity contribution in [2.24, 2.45) is 5.73 Å². The standard InChI is InChI=1S/C25H46NO7P/c1-2-3-4-5-6-7-8-9-10-11-12-13-14-15-16-17-18-19-25(28)31-22-24(27)23-33-34(29,30)32-21-20-26/h3-4,6-7,9-10,24,27H,2,5,8,11-23,26H2,1H3,(H,29,30)/b4-3-,7-6-,10-9-. The molecule has 0 aliphatic rings. The number of ether oxygens (including phenoxy) is 1. The van der Waals surface area contributed by atoms with E-state index in [4.69, 9.17) is 10.5 Å². The van der Waals surface area contributed by atoms with Crippen LogP contribution in [0.25, 0.3) is 0 Å². The second-order valence-electron chi connectivity index (χ2n) is 8.03. The number of phosphoric acid groups is 1. The van der Waals surface area contributed by atoms with Crippen LogP contribution in [0.1, 0.15) is 84.0 Å². The van der Waals surface area contributed by atoms with Crippen molar-refractivity contribution in [3.05, 3.63) is 36.5 Å². The van der Waals surface area contributed by atoms with Gasteiger partial charge in [0.2, 0.25) is 0 Å². The van der Waals surface area contributed by atoms with Crippen molar-refractivity contribution >= 4 is 13.8 Å². The lowest BCUT2D eigenvalue weighted by Crippen LogP contribution is -2.23. The largest absolute Gasteiger partial charge is 0.472 e. The van der Waals surface area contributed by atoms with E-state index in [-0.39, 0.29) is 19.8 Å². The molecule has 0 bridgehead atoms. The molecular weight excluding hydrogens is 457 g/mol. The fourth-order valence-electron chi connectivity index (χ4n) is 2.94. The summed E-state index contributed by atoms with van der Waals surface area (Å²) in [5.41, 5.74) is 5.17. The van der Waals surface area contributed by atoms with E-state index in [0.29, 0.717) is 6.42 Å². The van der Waals surface area contributed by atoms with Crippen LogP contribution in [0.3, 0.4) is 0 Å². The molecule has 2 unspecified atom stereocenters. The molecule has 0 spiro atoms. The van der Waals surface area contributed by atoms with Crippen molar-refractivity contribution in [3.63, 3.8) is 0 Å². The predicted molar refractivity (Wildman–Crippen MR) is 136 cm³/mol. The lowest BCUT2D eigenvalue weighted by Gasteiger charge is -2.15. The molecule has 2 atom stereocenters. The zero-order valence-corrected chi connectivity index (χ0v) is 21.7. The molecule has 0 heterocycles. The number of rotatable bonds is 23. The number of hydrogen-bond acceptors (Lipinski definition) is 7. The molecule has 0 fully saturated rings. The van der Waals surface area contributed by atoms with Gasteiger partial charge < -0.3 is 20.5 Å². The molecule has 0 radical (unpaired) electrons. The Morgan fingerprint density at radius 1 is 0.882 bits per heavy atom. The molecule has 0 aromatic carbocycles. The number of aliphatic hydroxyl groups excluding tert-OH is 1. The van der Waals surface area contributed by atoms with Gasteiger partial charge in [0.1, 0.15) is 12.7 Å². The van der Waals surface area contributed by atoms with Crippen molar-refractivity contribution in [2.75, 3.05) is 26.4 Å². The van der Waals surface area contributed by atoms with Gasteiger partial charge in [-0.25, -0.2) is 4.57 Å². The van der Waals surface area contributed by atoms with Crippen LogP contribution in [0.15, 0.2) is 36.5 Å². The number of carbonyl (C=O) groups is 1. The van der Waals surface area contributed by atoms with E-state index in [2.05, 4.69) is 52.4 Å². The number of unbranched alkanes of at least 4 members (excludes halogenated alkanes) is 7. The summed E-state index contributed by atoms with van der Waals surface area (Å²) in [6.45, 7) is 1.31. The summed E-state index contributed by atoms with van der Waals surface area (Å²) >= 11 is 0. The SMILES string of the molecule is CC/C=C\C/C=C\C/C=C\CCCCCCCCCC(=O)OCC(O)COP(=O)(O)OCCN. The molecule has 0 aliphatic heterocycles. The number of esters is 1. The van der Waals surface area contributed by atoms with Gasteiger partial charge in [0.05, 0.1) is 13.2 Å². The maximum absolute atomic E-state index is 11.7. The first kappa shape index (κ1) is 32.7. The van der Waals surface area contributed by atoms with Crippen molar-refractivity contribution in [1.82, 2.24) is 0 Å². The van der Waals surface area contributed by atoms with Gasteiger partial charge in [-0.2, -0.15) is 0 Å². The summed E-state index contributed by atoms with van der Waals surface area (Å²) in [7, 11) is -4.25. The molecule has 8 nitrogen and oxygen atoms in total. The molecule has 0 aromatic rings. The van der Waals surface area contributed by atoms with Crippen LogP contribution in [-0.2, 0) is 23.1 Å². The highest BCUT2D eigenvalue weighted by molar-refractivity contribution is 7.47. The molecule has 0 saturated heterocycles. The highest BCUT2D eigenvalue weighted by Gasteiger charge is 2.22. The van der Waals surface area contributed by atoms with Crippen molar-refractivity contribution in [1.29, 1.82) is 0 Å². The molecule has 34 heavy (non-hydrogen) atoms. The van der Waals surface area contributed by atoms with Gasteiger partial charge in [-0.3, -0.25) is 13.8 Å². The molecule has 198 valence electrons. The smallest absolute Gasteiger partial charge is 0.463 e. The highest BCUT2D eigenvalue weighted by Crippen LogP contribution is 2.42. The Bertz CT molecular complexity index is 622. The van der Waals surface area contributed by atoms with Crippen LogP contribution < -0.4 is 5.73 Å². The van der Waals surface area contributed by atoms with E-state index in [0.717, 1.165) is 51.4 Å². The maximum Gasteiger partial charge on any atom is 0.472 e. The number of allylic oxidation sites excluding steroid dienone is 6. The number of hydrogen-bond donors (Lipinski definition) is 3. The monoisotopic (exact) mass is 503 g/mol. The number of phosphoric ester groups is 1. The van der Waals surface area contributed by atoms with Crippen LogP contribution in [0.4, 0.5) is 0 Å². The zero-order valence-electron chi connectivity index (χ0n) is 20.8. The van der Waals surface area contributed by atoms with Gasteiger partial charge in [-0.15, -0.1) is 0 Å². The van der Waals surface area contributed by atoms with Crippen LogP contribution in [-0.4, -0.2) is 48.4 Å². The molecular formula is C25H46NO7P. The van der Waals surface area contributed by atoms with Crippen LogP contribution in [0, 0.1) is 0 Å². The van der Waals surface area contributed by atoms with Gasteiger partial charge in [0, 0.05) is 13.0 Å². The lowest BCUT2D eigenvalue weighted by atomic mass is 10.1. The Labute approximate surface area is 205 Å². The van der Waals surface area contributed by atoms with E-state index in [1.807, 2.05) is 0 Å². The minimum Gasteiger partial charge on any atom is -0.463 e. The van der Waals surface area contributed by atoms with E-state index in [9.17, 15) is 19.4 Å². The van der Waals surface area contributed by atoms with Crippen LogP contribution in [0.2, 0.25) is 0 Å². The Morgan fingerprint density at radius 2 is 1.47 bits per heavy atom. The predicted octanol–water partition coefficient (Wildman–Crippen LogP) is 5.35. The van der Waals surface area contributed by atoms with Crippen molar-refractivity contribution < 1.29 is 33.1 Å². The van der Waals surface area contributed by atoms with Crippen molar-refractivity contribution in [3.8, 4) is 0 Å². The van der Waals surface area contributed by atoms with Gasteiger partial charge in [-0.05, 0) is 38.5 Å². The first-order valence-electron chi connectivity index (χ1n) is 12.5. The maximum atomic E-state index is 11.7. The van der Waals surface area contributed by atoms with E-state index in [1.54, 1.807) is 0 Å². The van der Waals surface area contributed by atoms with Gasteiger partial charge in [0.25, 0.3) is 0 Å². The molecule has 9 heteroatoms. The second kappa shape index (κ2) is 23.5. The molecule has 0 aliphatic carbocycles. The normalized spacial score (nSPS) is 14.8. The highest BCUT2D eigenvalue weighted by atomic mass is 31.2. The van der Waals surface area contributed by atoms with Gasteiger partial charge >= 0.3 is 13.8 Å². The summed E-state index contributed by atoms with van der Waals surface area (Å²) in [4.78, 5) is 21.0. The first-order valence-corrected chi connectivity index (χ1v) is 14.0. The number of nitrogens with two attached hydrogens (primary N) is 1. The van der Waals surface area contributed by atoms with Crippen LogP contribution >= 0.6 is 7.82 Å². The summed E-state index contributed by atoms with van der Waals surface area (Å²) in [5, 5.41) is 9.68. The van der Waals surface area contributed by atoms with Crippen molar-refractivity contribution in [2.45, 2.75) is 90.1 Å². The third kappa shape index (κ3) is 23.9. The van der Waals surface area contributed by atoms with Gasteiger partial charge in [0.15, 0.2) is 0 Å². The van der Waals surface area contributed by atoms with E-state index in [1.165, 1.54) is 19.3 Å². The Hall–Kier alpha value is -1.28. The Morgan fingerprint density at radius 3 is 2.12 bits per heavy atom.